The van der Waals surface area contributed by atoms with Crippen LogP contribution >= 0.6 is 22.9 Å². The largest absolute Gasteiger partial charge is 0.343 e. The summed E-state index contributed by atoms with van der Waals surface area (Å²) in [5, 5.41) is 6.38. The number of halogens is 1. The van der Waals surface area contributed by atoms with Crippen LogP contribution in [-0.2, 0) is 13.0 Å². The molecule has 0 bridgehead atoms. The van der Waals surface area contributed by atoms with Crippen LogP contribution in [-0.4, -0.2) is 38.7 Å². The van der Waals surface area contributed by atoms with Crippen molar-refractivity contribution in [1.29, 1.82) is 0 Å². The van der Waals surface area contributed by atoms with E-state index in [1.54, 1.807) is 21.6 Å². The number of amides is 1. The Bertz CT molecular complexity index is 674. The maximum atomic E-state index is 12.3. The van der Waals surface area contributed by atoms with E-state index in [0.29, 0.717) is 41.1 Å². The summed E-state index contributed by atoms with van der Waals surface area (Å²) < 4.78 is 2.18. The summed E-state index contributed by atoms with van der Waals surface area (Å²) in [5.41, 5.74) is -0.219. The van der Waals surface area contributed by atoms with Crippen LogP contribution in [0.25, 0.3) is 0 Å². The van der Waals surface area contributed by atoms with Gasteiger partial charge in [-0.1, -0.05) is 11.6 Å². The van der Waals surface area contributed by atoms with Crippen molar-refractivity contribution >= 4 is 28.8 Å². The molecule has 1 amide bonds. The standard InChI is InChI=1S/C11H11ClN4O2S/c12-8-2-1-7(19-8)10(17)15-4-3-9-13-14-11(18)16(9)6-5-15/h1-2H,3-6H2,(H,14,18). The number of fused-ring (bicyclic) bond motifs is 1. The number of rotatable bonds is 1. The number of carbonyl (C=O) groups is 1. The van der Waals surface area contributed by atoms with Gasteiger partial charge in [0.2, 0.25) is 0 Å². The molecule has 0 atom stereocenters. The van der Waals surface area contributed by atoms with E-state index >= 15 is 0 Å². The summed E-state index contributed by atoms with van der Waals surface area (Å²) >= 11 is 7.11. The molecular weight excluding hydrogens is 288 g/mol. The molecule has 100 valence electrons. The highest BCUT2D eigenvalue weighted by molar-refractivity contribution is 7.17. The zero-order valence-corrected chi connectivity index (χ0v) is 11.5. The van der Waals surface area contributed by atoms with Crippen LogP contribution in [0.1, 0.15) is 15.5 Å². The second-order valence-electron chi connectivity index (χ2n) is 4.24. The Kier molecular flexibility index (Phi) is 3.16. The number of carbonyl (C=O) groups excluding carboxylic acids is 1. The number of hydrogen-bond donors (Lipinski definition) is 1. The first-order chi connectivity index (χ1) is 9.15. The molecule has 2 aromatic heterocycles. The van der Waals surface area contributed by atoms with Gasteiger partial charge in [0.25, 0.3) is 5.91 Å². The van der Waals surface area contributed by atoms with E-state index < -0.39 is 0 Å². The molecule has 1 N–H and O–H groups in total. The van der Waals surface area contributed by atoms with Crippen molar-refractivity contribution in [3.05, 3.63) is 37.7 Å². The fraction of sp³-hybridized carbons (Fsp3) is 0.364. The van der Waals surface area contributed by atoms with Crippen LogP contribution in [0.3, 0.4) is 0 Å². The fourth-order valence-corrected chi connectivity index (χ4v) is 3.14. The van der Waals surface area contributed by atoms with Crippen molar-refractivity contribution in [2.45, 2.75) is 13.0 Å². The van der Waals surface area contributed by atoms with Crippen LogP contribution in [0.4, 0.5) is 0 Å². The van der Waals surface area contributed by atoms with E-state index in [1.165, 1.54) is 11.3 Å². The third kappa shape index (κ3) is 2.31. The predicted octanol–water partition coefficient (Wildman–Crippen LogP) is 0.985. The van der Waals surface area contributed by atoms with Crippen molar-refractivity contribution in [1.82, 2.24) is 19.7 Å². The van der Waals surface area contributed by atoms with Crippen molar-refractivity contribution in [2.24, 2.45) is 0 Å². The summed E-state index contributed by atoms with van der Waals surface area (Å²) in [6.07, 6.45) is 0.573. The number of hydrogen-bond acceptors (Lipinski definition) is 4. The van der Waals surface area contributed by atoms with Gasteiger partial charge in [0.05, 0.1) is 9.21 Å². The molecule has 0 saturated carbocycles. The zero-order chi connectivity index (χ0) is 13.4. The van der Waals surface area contributed by atoms with Gasteiger partial charge in [0.1, 0.15) is 5.82 Å². The van der Waals surface area contributed by atoms with Crippen LogP contribution in [0.2, 0.25) is 4.34 Å². The molecule has 0 radical (unpaired) electrons. The summed E-state index contributed by atoms with van der Waals surface area (Å²) in [5.74, 6) is 0.656. The average Bonchev–Trinajstić information content (AvgIpc) is 2.90. The Hall–Kier alpha value is -1.60. The van der Waals surface area contributed by atoms with Crippen LogP contribution in [0.5, 0.6) is 0 Å². The van der Waals surface area contributed by atoms with Gasteiger partial charge in [-0.25, -0.2) is 9.89 Å². The van der Waals surface area contributed by atoms with Gasteiger partial charge >= 0.3 is 5.69 Å². The molecule has 0 spiro atoms. The number of nitrogens with zero attached hydrogens (tertiary/aromatic N) is 3. The lowest BCUT2D eigenvalue weighted by Crippen LogP contribution is -2.34. The van der Waals surface area contributed by atoms with E-state index in [0.717, 1.165) is 0 Å². The van der Waals surface area contributed by atoms with Gasteiger partial charge in [-0.15, -0.1) is 11.3 Å². The normalized spacial score (nSPS) is 15.1. The molecule has 6 nitrogen and oxygen atoms in total. The molecular formula is C11H11ClN4O2S. The van der Waals surface area contributed by atoms with E-state index in [-0.39, 0.29) is 11.6 Å². The first-order valence-corrected chi connectivity index (χ1v) is 7.03. The molecule has 8 heteroatoms. The van der Waals surface area contributed by atoms with Gasteiger partial charge in [-0.05, 0) is 12.1 Å². The van der Waals surface area contributed by atoms with Gasteiger partial charge in [0.15, 0.2) is 0 Å². The SMILES string of the molecule is O=C(c1ccc(Cl)s1)N1CCc2n[nH]c(=O)n2CC1. The Morgan fingerprint density at radius 3 is 2.95 bits per heavy atom. The third-order valence-electron chi connectivity index (χ3n) is 3.11. The molecule has 1 aliphatic rings. The average molecular weight is 299 g/mol. The maximum absolute atomic E-state index is 12.3. The quantitative estimate of drug-likeness (QED) is 0.853. The second-order valence-corrected chi connectivity index (χ2v) is 5.96. The molecule has 0 saturated heterocycles. The van der Waals surface area contributed by atoms with Gasteiger partial charge in [-0.3, -0.25) is 9.36 Å². The molecule has 0 unspecified atom stereocenters. The highest BCUT2D eigenvalue weighted by Crippen LogP contribution is 2.23. The summed E-state index contributed by atoms with van der Waals surface area (Å²) in [6, 6.07) is 3.44. The van der Waals surface area contributed by atoms with Crippen molar-refractivity contribution in [3.63, 3.8) is 0 Å². The van der Waals surface area contributed by atoms with E-state index in [1.807, 2.05) is 0 Å². The molecule has 0 fully saturated rings. The van der Waals surface area contributed by atoms with Crippen molar-refractivity contribution in [3.8, 4) is 0 Å². The van der Waals surface area contributed by atoms with Crippen molar-refractivity contribution < 1.29 is 4.79 Å². The Balaban J connectivity index is 1.78. The first kappa shape index (κ1) is 12.4. The smallest absolute Gasteiger partial charge is 0.336 e. The Morgan fingerprint density at radius 1 is 1.37 bits per heavy atom. The third-order valence-corrected chi connectivity index (χ3v) is 4.33. The number of nitrogens with one attached hydrogen (secondary N) is 1. The summed E-state index contributed by atoms with van der Waals surface area (Å²) in [7, 11) is 0. The highest BCUT2D eigenvalue weighted by atomic mass is 35.5. The van der Waals surface area contributed by atoms with Gasteiger partial charge in [-0.2, -0.15) is 5.10 Å². The molecule has 0 aliphatic carbocycles. The molecule has 3 heterocycles. The second kappa shape index (κ2) is 4.82. The molecule has 19 heavy (non-hydrogen) atoms. The maximum Gasteiger partial charge on any atom is 0.343 e. The fourth-order valence-electron chi connectivity index (χ4n) is 2.13. The Morgan fingerprint density at radius 2 is 2.21 bits per heavy atom. The predicted molar refractivity (Wildman–Crippen MR) is 71.8 cm³/mol. The topological polar surface area (TPSA) is 71.0 Å². The Labute approximate surface area is 117 Å². The molecule has 1 aliphatic heterocycles. The van der Waals surface area contributed by atoms with Gasteiger partial charge < -0.3 is 4.90 Å². The summed E-state index contributed by atoms with van der Waals surface area (Å²) in [6.45, 7) is 1.52. The minimum absolute atomic E-state index is 0.0425. The minimum atomic E-state index is -0.219. The first-order valence-electron chi connectivity index (χ1n) is 5.84. The number of thiophene rings is 1. The van der Waals surface area contributed by atoms with Crippen LogP contribution < -0.4 is 5.69 Å². The van der Waals surface area contributed by atoms with E-state index in [9.17, 15) is 9.59 Å². The minimum Gasteiger partial charge on any atom is -0.336 e. The van der Waals surface area contributed by atoms with Crippen LogP contribution in [0, 0.1) is 0 Å². The van der Waals surface area contributed by atoms with E-state index in [2.05, 4.69) is 10.2 Å². The van der Waals surface area contributed by atoms with Crippen molar-refractivity contribution in [2.75, 3.05) is 13.1 Å². The monoisotopic (exact) mass is 298 g/mol. The highest BCUT2D eigenvalue weighted by Gasteiger charge is 2.22. The summed E-state index contributed by atoms with van der Waals surface area (Å²) in [4.78, 5) is 26.1. The number of aromatic amines is 1. The molecule has 0 aromatic carbocycles. The lowest BCUT2D eigenvalue weighted by atomic mass is 10.3. The zero-order valence-electron chi connectivity index (χ0n) is 9.93. The number of aromatic nitrogens is 3. The van der Waals surface area contributed by atoms with E-state index in [4.69, 9.17) is 11.6 Å². The lowest BCUT2D eigenvalue weighted by Gasteiger charge is -2.18. The lowest BCUT2D eigenvalue weighted by molar-refractivity contribution is 0.0763. The number of H-pyrrole nitrogens is 1. The molecule has 3 rings (SSSR count). The van der Waals surface area contributed by atoms with Crippen LogP contribution in [0.15, 0.2) is 16.9 Å². The van der Waals surface area contributed by atoms with Gasteiger partial charge in [0, 0.05) is 26.1 Å². The molecule has 2 aromatic rings.